The smallest absolute Gasteiger partial charge is 0.164 e. The maximum atomic E-state index is 5.75. The summed E-state index contributed by atoms with van der Waals surface area (Å²) in [6.07, 6.45) is 0. The first-order valence-electron chi connectivity index (χ1n) is 14.0. The van der Waals surface area contributed by atoms with Gasteiger partial charge in [-0.05, 0) is 6.07 Å². The van der Waals surface area contributed by atoms with Crippen molar-refractivity contribution in [3.05, 3.63) is 145 Å². The van der Waals surface area contributed by atoms with Crippen molar-refractivity contribution in [2.45, 2.75) is 0 Å². The number of aliphatic imine (C=N–C) groups is 1. The van der Waals surface area contributed by atoms with E-state index < -0.39 is 0 Å². The fourth-order valence-corrected chi connectivity index (χ4v) is 5.38. The summed E-state index contributed by atoms with van der Waals surface area (Å²) in [5.74, 6) is 1.82. The monoisotopic (exact) mass is 560 g/mol. The maximum Gasteiger partial charge on any atom is 0.164 e. The molecule has 0 atom stereocenters. The Morgan fingerprint density at radius 3 is 1.58 bits per heavy atom. The summed E-state index contributed by atoms with van der Waals surface area (Å²) < 4.78 is 13.4. The van der Waals surface area contributed by atoms with Crippen LogP contribution in [-0.4, -0.2) is 35.3 Å². The molecule has 0 unspecified atom stereocenters. The average Bonchev–Trinajstić information content (AvgIpc) is 3.45. The molecule has 0 spiro atoms. The van der Waals surface area contributed by atoms with E-state index in [0.717, 1.165) is 50.6 Å². The van der Waals surface area contributed by atoms with Gasteiger partial charge in [0.15, 0.2) is 17.3 Å². The minimum Gasteiger partial charge on any atom is -0.493 e. The molecule has 1 aliphatic rings. The van der Waals surface area contributed by atoms with Gasteiger partial charge in [0, 0.05) is 33.9 Å². The summed E-state index contributed by atoms with van der Waals surface area (Å²) in [4.78, 5) is 10.6. The van der Waals surface area contributed by atoms with E-state index in [2.05, 4.69) is 48.5 Å². The van der Waals surface area contributed by atoms with Gasteiger partial charge in [-0.15, -0.1) is 0 Å². The molecule has 0 fully saturated rings. The van der Waals surface area contributed by atoms with Gasteiger partial charge in [-0.3, -0.25) is 0 Å². The quantitative estimate of drug-likeness (QED) is 0.206. The van der Waals surface area contributed by atoms with Crippen LogP contribution in [0.2, 0.25) is 0 Å². The summed E-state index contributed by atoms with van der Waals surface area (Å²) in [6.45, 7) is 0. The van der Waals surface area contributed by atoms with Gasteiger partial charge in [-0.1, -0.05) is 121 Å². The first-order chi connectivity index (χ1) is 21.2. The molecule has 43 heavy (non-hydrogen) atoms. The number of fused-ring (bicyclic) bond motifs is 3. The highest BCUT2D eigenvalue weighted by molar-refractivity contribution is 6.54. The summed E-state index contributed by atoms with van der Waals surface area (Å²) in [5, 5.41) is 5.41. The van der Waals surface area contributed by atoms with E-state index in [1.807, 2.05) is 89.6 Å². The highest BCUT2D eigenvalue weighted by Crippen LogP contribution is 2.44. The molecule has 1 aromatic heterocycles. The second kappa shape index (κ2) is 11.3. The van der Waals surface area contributed by atoms with Crippen LogP contribution >= 0.6 is 0 Å². The number of nitrogens with zero attached hydrogens (tertiary/aromatic N) is 4. The lowest BCUT2D eigenvalue weighted by molar-refractivity contribution is 0.355. The Morgan fingerprint density at radius 1 is 0.535 bits per heavy atom. The third-order valence-electron chi connectivity index (χ3n) is 7.44. The zero-order valence-corrected chi connectivity index (χ0v) is 23.8. The van der Waals surface area contributed by atoms with Gasteiger partial charge in [0.05, 0.1) is 31.3 Å². The van der Waals surface area contributed by atoms with Gasteiger partial charge in [0.25, 0.3) is 0 Å². The van der Waals surface area contributed by atoms with Crippen LogP contribution in [0, 0.1) is 0 Å². The zero-order chi connectivity index (χ0) is 29.2. The topological polar surface area (TPSA) is 61.0 Å². The van der Waals surface area contributed by atoms with Gasteiger partial charge in [-0.2, -0.15) is 5.10 Å². The fraction of sp³-hybridized carbons (Fsp3) is 0.0541. The van der Waals surface area contributed by atoms with Crippen LogP contribution in [-0.2, 0) is 0 Å². The van der Waals surface area contributed by atoms with Crippen molar-refractivity contribution >= 4 is 17.1 Å². The molecule has 0 aliphatic carbocycles. The van der Waals surface area contributed by atoms with Crippen molar-refractivity contribution in [3.8, 4) is 45.4 Å². The first-order valence-corrected chi connectivity index (χ1v) is 14.0. The Balaban J connectivity index is 1.65. The summed E-state index contributed by atoms with van der Waals surface area (Å²) in [5.41, 5.74) is 8.51. The second-order valence-electron chi connectivity index (χ2n) is 10.0. The molecule has 2 heterocycles. The zero-order valence-electron chi connectivity index (χ0n) is 23.8. The number of hydrogen-bond donors (Lipinski definition) is 0. The number of imidazole rings is 1. The lowest BCUT2D eigenvalue weighted by Gasteiger charge is -2.19. The molecule has 0 N–H and O–H groups in total. The van der Waals surface area contributed by atoms with E-state index in [-0.39, 0.29) is 0 Å². The Hall–Kier alpha value is -5.75. The van der Waals surface area contributed by atoms with E-state index >= 15 is 0 Å². The van der Waals surface area contributed by atoms with Gasteiger partial charge >= 0.3 is 0 Å². The molecule has 0 saturated heterocycles. The van der Waals surface area contributed by atoms with Crippen LogP contribution in [0.4, 0.5) is 5.69 Å². The number of benzene rings is 5. The Kier molecular flexibility index (Phi) is 6.85. The summed E-state index contributed by atoms with van der Waals surface area (Å²) >= 11 is 0. The molecule has 7 rings (SSSR count). The minimum absolute atomic E-state index is 0.584. The molecule has 0 bridgehead atoms. The number of aromatic nitrogens is 2. The van der Waals surface area contributed by atoms with Crippen molar-refractivity contribution < 1.29 is 9.47 Å². The van der Waals surface area contributed by atoms with Crippen molar-refractivity contribution in [1.82, 2.24) is 9.66 Å². The average molecular weight is 561 g/mol. The van der Waals surface area contributed by atoms with E-state index in [9.17, 15) is 0 Å². The standard InChI is InChI=1S/C37H28N4O2/c1-42-31-23-29-30(24-32(31)43-2)38-33(25-15-7-3-8-16-25)34(26-17-9-4-10-18-26)40-41-36(28-21-13-6-14-22-28)35(39-37(29)41)27-19-11-5-12-20-27/h3-24H,1-2H3/b38-33-,40-34-. The van der Waals surface area contributed by atoms with Crippen LogP contribution < -0.4 is 9.47 Å². The lowest BCUT2D eigenvalue weighted by atomic mass is 9.99. The molecule has 0 amide bonds. The fourth-order valence-electron chi connectivity index (χ4n) is 5.38. The van der Waals surface area contributed by atoms with Crippen LogP contribution in [0.3, 0.4) is 0 Å². The normalized spacial score (nSPS) is 14.7. The molecular weight excluding hydrogens is 532 g/mol. The molecule has 0 saturated carbocycles. The van der Waals surface area contributed by atoms with Crippen molar-refractivity contribution in [1.29, 1.82) is 0 Å². The Labute approximate surface area is 250 Å². The number of rotatable bonds is 6. The third-order valence-corrected chi connectivity index (χ3v) is 7.44. The number of methoxy groups -OCH3 is 2. The molecule has 0 radical (unpaired) electrons. The molecule has 208 valence electrons. The second-order valence-corrected chi connectivity index (χ2v) is 10.0. The van der Waals surface area contributed by atoms with Gasteiger partial charge in [0.2, 0.25) is 0 Å². The van der Waals surface area contributed by atoms with E-state index in [0.29, 0.717) is 23.0 Å². The first kappa shape index (κ1) is 26.2. The molecule has 1 aliphatic heterocycles. The third kappa shape index (κ3) is 4.79. The van der Waals surface area contributed by atoms with Crippen LogP contribution in [0.1, 0.15) is 11.1 Å². The molecule has 6 heteroatoms. The lowest BCUT2D eigenvalue weighted by Crippen LogP contribution is -2.20. The minimum atomic E-state index is 0.584. The number of ether oxygens (including phenoxy) is 2. The molecule has 5 aromatic carbocycles. The Bertz CT molecular complexity index is 1960. The van der Waals surface area contributed by atoms with E-state index in [1.165, 1.54) is 0 Å². The van der Waals surface area contributed by atoms with Crippen LogP contribution in [0.5, 0.6) is 11.5 Å². The highest BCUT2D eigenvalue weighted by Gasteiger charge is 2.28. The van der Waals surface area contributed by atoms with Gasteiger partial charge in [0.1, 0.15) is 11.4 Å². The van der Waals surface area contributed by atoms with Crippen molar-refractivity contribution in [2.24, 2.45) is 10.1 Å². The van der Waals surface area contributed by atoms with Gasteiger partial charge in [-0.25, -0.2) is 14.7 Å². The predicted molar refractivity (Wildman–Crippen MR) is 173 cm³/mol. The largest absolute Gasteiger partial charge is 0.493 e. The van der Waals surface area contributed by atoms with Crippen molar-refractivity contribution in [3.63, 3.8) is 0 Å². The SMILES string of the molecule is COc1cc2c(cc1OC)-c1nc(-c3ccccc3)c(-c3ccccc3)n1/N=C(c1ccccc1)\C(c1ccccc1)=N/2. The van der Waals surface area contributed by atoms with Crippen LogP contribution in [0.25, 0.3) is 33.9 Å². The molecular formula is C37H28N4O2. The Morgan fingerprint density at radius 2 is 1.02 bits per heavy atom. The van der Waals surface area contributed by atoms with E-state index in [4.69, 9.17) is 24.6 Å². The van der Waals surface area contributed by atoms with E-state index in [1.54, 1.807) is 14.2 Å². The predicted octanol–water partition coefficient (Wildman–Crippen LogP) is 8.29. The highest BCUT2D eigenvalue weighted by atomic mass is 16.5. The molecule has 6 nitrogen and oxygen atoms in total. The number of hydrogen-bond acceptors (Lipinski definition) is 5. The van der Waals surface area contributed by atoms with Gasteiger partial charge < -0.3 is 9.47 Å². The van der Waals surface area contributed by atoms with Crippen molar-refractivity contribution in [2.75, 3.05) is 14.2 Å². The molecule has 6 aromatic rings. The van der Waals surface area contributed by atoms with Crippen LogP contribution in [0.15, 0.2) is 144 Å². The summed E-state index contributed by atoms with van der Waals surface area (Å²) in [7, 11) is 3.27. The maximum absolute atomic E-state index is 5.75. The summed E-state index contributed by atoms with van der Waals surface area (Å²) in [6, 6.07) is 44.6.